The van der Waals surface area contributed by atoms with Crippen LogP contribution in [-0.4, -0.2) is 41.8 Å². The molecule has 0 heterocycles. The van der Waals surface area contributed by atoms with Crippen molar-refractivity contribution in [2.24, 2.45) is 0 Å². The maximum absolute atomic E-state index is 11.9. The van der Waals surface area contributed by atoms with Crippen LogP contribution < -0.4 is 5.32 Å². The van der Waals surface area contributed by atoms with Crippen molar-refractivity contribution in [2.75, 3.05) is 13.7 Å². The molecule has 7 heteroatoms. The summed E-state index contributed by atoms with van der Waals surface area (Å²) in [4.78, 5) is 23.0. The summed E-state index contributed by atoms with van der Waals surface area (Å²) < 4.78 is 4.84. The standard InChI is InChI=1S/C13H16ClNO5/c1-20-6-2-3-10(13(18)19)15-12(17)8-4-5-11(16)9(14)7-8/h4-5,7,10,16H,2-3,6H2,1H3,(H,15,17)(H,18,19). The average Bonchev–Trinajstić information content (AvgIpc) is 2.40. The first-order valence-corrected chi connectivity index (χ1v) is 6.34. The van der Waals surface area contributed by atoms with Gasteiger partial charge in [-0.3, -0.25) is 4.79 Å². The van der Waals surface area contributed by atoms with Gasteiger partial charge in [0.1, 0.15) is 11.8 Å². The number of hydrogen-bond donors (Lipinski definition) is 3. The number of carboxylic acid groups (broad SMARTS) is 1. The third-order valence-electron chi connectivity index (χ3n) is 2.65. The highest BCUT2D eigenvalue weighted by atomic mass is 35.5. The number of phenolic OH excluding ortho intramolecular Hbond substituents is 1. The first kappa shape index (κ1) is 16.3. The van der Waals surface area contributed by atoms with E-state index in [0.29, 0.717) is 13.0 Å². The minimum absolute atomic E-state index is 0.0314. The Morgan fingerprint density at radius 2 is 2.15 bits per heavy atom. The van der Waals surface area contributed by atoms with Crippen molar-refractivity contribution >= 4 is 23.5 Å². The van der Waals surface area contributed by atoms with Gasteiger partial charge in [0, 0.05) is 19.3 Å². The zero-order valence-corrected chi connectivity index (χ0v) is 11.7. The molecule has 0 spiro atoms. The van der Waals surface area contributed by atoms with E-state index in [1.165, 1.54) is 25.3 Å². The number of rotatable bonds is 7. The maximum atomic E-state index is 11.9. The first-order valence-electron chi connectivity index (χ1n) is 5.96. The molecule has 0 saturated heterocycles. The second-order valence-corrected chi connectivity index (χ2v) is 4.57. The highest BCUT2D eigenvalue weighted by molar-refractivity contribution is 6.32. The molecule has 1 aromatic rings. The van der Waals surface area contributed by atoms with Gasteiger partial charge in [-0.2, -0.15) is 0 Å². The number of carbonyl (C=O) groups excluding carboxylic acids is 1. The third kappa shape index (κ3) is 4.71. The van der Waals surface area contributed by atoms with Crippen LogP contribution in [-0.2, 0) is 9.53 Å². The van der Waals surface area contributed by atoms with Gasteiger partial charge in [0.25, 0.3) is 5.91 Å². The second kappa shape index (κ2) is 7.72. The summed E-state index contributed by atoms with van der Waals surface area (Å²) in [7, 11) is 1.52. The van der Waals surface area contributed by atoms with Crippen molar-refractivity contribution in [3.05, 3.63) is 28.8 Å². The molecule has 0 radical (unpaired) electrons. The van der Waals surface area contributed by atoms with Crippen molar-refractivity contribution in [2.45, 2.75) is 18.9 Å². The summed E-state index contributed by atoms with van der Waals surface area (Å²) in [5, 5.41) is 20.7. The quantitative estimate of drug-likeness (QED) is 0.666. The average molecular weight is 302 g/mol. The fourth-order valence-electron chi connectivity index (χ4n) is 1.58. The molecular formula is C13H16ClNO5. The van der Waals surface area contributed by atoms with Gasteiger partial charge in [-0.15, -0.1) is 0 Å². The molecule has 1 aromatic carbocycles. The molecule has 0 aliphatic heterocycles. The van der Waals surface area contributed by atoms with E-state index in [0.717, 1.165) is 0 Å². The number of ether oxygens (including phenoxy) is 1. The zero-order valence-electron chi connectivity index (χ0n) is 10.9. The number of carbonyl (C=O) groups is 2. The van der Waals surface area contributed by atoms with Gasteiger partial charge < -0.3 is 20.3 Å². The molecule has 0 bridgehead atoms. The second-order valence-electron chi connectivity index (χ2n) is 4.17. The monoisotopic (exact) mass is 301 g/mol. The maximum Gasteiger partial charge on any atom is 0.326 e. The number of methoxy groups -OCH3 is 1. The molecular weight excluding hydrogens is 286 g/mol. The van der Waals surface area contributed by atoms with Crippen LogP contribution in [0.5, 0.6) is 5.75 Å². The van der Waals surface area contributed by atoms with Gasteiger partial charge in [0.15, 0.2) is 0 Å². The lowest BCUT2D eigenvalue weighted by Gasteiger charge is -2.14. The predicted octanol–water partition coefficient (Wildman–Crippen LogP) is 1.66. The van der Waals surface area contributed by atoms with E-state index in [4.69, 9.17) is 21.4 Å². The van der Waals surface area contributed by atoms with Crippen molar-refractivity contribution < 1.29 is 24.5 Å². The Kier molecular flexibility index (Phi) is 6.27. The molecule has 6 nitrogen and oxygen atoms in total. The van der Waals surface area contributed by atoms with E-state index in [9.17, 15) is 14.7 Å². The number of hydrogen-bond acceptors (Lipinski definition) is 4. The SMILES string of the molecule is COCCCC(NC(=O)c1ccc(O)c(Cl)c1)C(=O)O. The Bertz CT molecular complexity index is 492. The summed E-state index contributed by atoms with van der Waals surface area (Å²) in [6, 6.07) is 2.92. The summed E-state index contributed by atoms with van der Waals surface area (Å²) in [6.07, 6.45) is 0.783. The smallest absolute Gasteiger partial charge is 0.326 e. The molecule has 1 atom stereocenters. The molecule has 1 unspecified atom stereocenters. The number of aliphatic carboxylic acids is 1. The number of halogens is 1. The van der Waals surface area contributed by atoms with E-state index in [1.807, 2.05) is 0 Å². The number of phenols is 1. The van der Waals surface area contributed by atoms with Crippen LogP contribution in [0.1, 0.15) is 23.2 Å². The Morgan fingerprint density at radius 1 is 1.45 bits per heavy atom. The number of nitrogens with one attached hydrogen (secondary N) is 1. The van der Waals surface area contributed by atoms with E-state index in [1.54, 1.807) is 0 Å². The summed E-state index contributed by atoms with van der Waals surface area (Å²) >= 11 is 5.70. The van der Waals surface area contributed by atoms with Crippen LogP contribution in [0.15, 0.2) is 18.2 Å². The van der Waals surface area contributed by atoms with Crippen LogP contribution in [0.4, 0.5) is 0 Å². The lowest BCUT2D eigenvalue weighted by Crippen LogP contribution is -2.40. The Balaban J connectivity index is 2.69. The highest BCUT2D eigenvalue weighted by Gasteiger charge is 2.20. The van der Waals surface area contributed by atoms with Crippen molar-refractivity contribution in [3.8, 4) is 5.75 Å². The third-order valence-corrected chi connectivity index (χ3v) is 2.96. The van der Waals surface area contributed by atoms with E-state index in [-0.39, 0.29) is 22.8 Å². The summed E-state index contributed by atoms with van der Waals surface area (Å²) in [6.45, 7) is 0.421. The van der Waals surface area contributed by atoms with E-state index < -0.39 is 17.9 Å². The van der Waals surface area contributed by atoms with Crippen LogP contribution >= 0.6 is 11.6 Å². The minimum atomic E-state index is -1.11. The lowest BCUT2D eigenvalue weighted by molar-refractivity contribution is -0.139. The molecule has 0 aliphatic carbocycles. The Hall–Kier alpha value is -1.79. The highest BCUT2D eigenvalue weighted by Crippen LogP contribution is 2.23. The Labute approximate surface area is 121 Å². The van der Waals surface area contributed by atoms with Crippen LogP contribution in [0.25, 0.3) is 0 Å². The van der Waals surface area contributed by atoms with Gasteiger partial charge in [-0.05, 0) is 31.0 Å². The molecule has 20 heavy (non-hydrogen) atoms. The minimum Gasteiger partial charge on any atom is -0.506 e. The van der Waals surface area contributed by atoms with Gasteiger partial charge in [-0.25, -0.2) is 4.79 Å². The topological polar surface area (TPSA) is 95.9 Å². The van der Waals surface area contributed by atoms with Gasteiger partial charge in [-0.1, -0.05) is 11.6 Å². The number of benzene rings is 1. The van der Waals surface area contributed by atoms with Crippen LogP contribution in [0.3, 0.4) is 0 Å². The molecule has 1 rings (SSSR count). The molecule has 0 aromatic heterocycles. The predicted molar refractivity (Wildman–Crippen MR) is 73.1 cm³/mol. The fourth-order valence-corrected chi connectivity index (χ4v) is 1.76. The van der Waals surface area contributed by atoms with E-state index >= 15 is 0 Å². The molecule has 0 aliphatic rings. The van der Waals surface area contributed by atoms with Crippen molar-refractivity contribution in [1.29, 1.82) is 0 Å². The number of aromatic hydroxyl groups is 1. The molecule has 110 valence electrons. The Morgan fingerprint density at radius 3 is 2.70 bits per heavy atom. The first-order chi connectivity index (χ1) is 9.45. The fraction of sp³-hybridized carbons (Fsp3) is 0.385. The van der Waals surface area contributed by atoms with Gasteiger partial charge in [0.05, 0.1) is 5.02 Å². The van der Waals surface area contributed by atoms with Gasteiger partial charge in [0.2, 0.25) is 0 Å². The largest absolute Gasteiger partial charge is 0.506 e. The van der Waals surface area contributed by atoms with Crippen LogP contribution in [0.2, 0.25) is 5.02 Å². The molecule has 0 saturated carbocycles. The van der Waals surface area contributed by atoms with Crippen LogP contribution in [0, 0.1) is 0 Å². The molecule has 3 N–H and O–H groups in total. The zero-order chi connectivity index (χ0) is 15.1. The van der Waals surface area contributed by atoms with E-state index in [2.05, 4.69) is 5.32 Å². The van der Waals surface area contributed by atoms with Crippen molar-refractivity contribution in [1.82, 2.24) is 5.32 Å². The molecule has 0 fully saturated rings. The lowest BCUT2D eigenvalue weighted by atomic mass is 10.1. The summed E-state index contributed by atoms with van der Waals surface area (Å²) in [5.74, 6) is -1.81. The molecule has 1 amide bonds. The summed E-state index contributed by atoms with van der Waals surface area (Å²) in [5.41, 5.74) is 0.186. The van der Waals surface area contributed by atoms with Crippen molar-refractivity contribution in [3.63, 3.8) is 0 Å². The number of carboxylic acids is 1. The normalized spacial score (nSPS) is 11.9. The number of amides is 1. The van der Waals surface area contributed by atoms with Gasteiger partial charge >= 0.3 is 5.97 Å².